The first-order valence-corrected chi connectivity index (χ1v) is 7.32. The fourth-order valence-corrected chi connectivity index (χ4v) is 3.34. The summed E-state index contributed by atoms with van der Waals surface area (Å²) in [5.41, 5.74) is 0. The summed E-state index contributed by atoms with van der Waals surface area (Å²) in [6, 6.07) is 0. The highest BCUT2D eigenvalue weighted by molar-refractivity contribution is 4.82. The van der Waals surface area contributed by atoms with Gasteiger partial charge in [0.1, 0.15) is 0 Å². The summed E-state index contributed by atoms with van der Waals surface area (Å²) in [6.07, 6.45) is 6.87. The molecule has 1 saturated carbocycles. The van der Waals surface area contributed by atoms with Crippen LogP contribution in [0.25, 0.3) is 0 Å². The van der Waals surface area contributed by atoms with Crippen LogP contribution < -0.4 is 5.32 Å². The van der Waals surface area contributed by atoms with E-state index < -0.39 is 0 Å². The average molecular weight is 241 g/mol. The lowest BCUT2D eigenvalue weighted by atomic mass is 9.69. The van der Waals surface area contributed by atoms with Crippen LogP contribution in [0.4, 0.5) is 0 Å². The van der Waals surface area contributed by atoms with Gasteiger partial charge in [-0.05, 0) is 69.4 Å². The van der Waals surface area contributed by atoms with Gasteiger partial charge in [0.25, 0.3) is 0 Å². The van der Waals surface area contributed by atoms with E-state index in [0.717, 1.165) is 30.3 Å². The van der Waals surface area contributed by atoms with Gasteiger partial charge in [-0.15, -0.1) is 0 Å². The van der Waals surface area contributed by atoms with Gasteiger partial charge >= 0.3 is 0 Å². The predicted octanol–water partition coefficient (Wildman–Crippen LogP) is 3.32. The minimum atomic E-state index is 0.857. The van der Waals surface area contributed by atoms with Crippen molar-refractivity contribution in [3.8, 4) is 0 Å². The molecule has 0 spiro atoms. The second-order valence-electron chi connectivity index (χ2n) is 6.03. The van der Waals surface area contributed by atoms with Crippen LogP contribution in [-0.4, -0.2) is 27.3 Å². The summed E-state index contributed by atoms with van der Waals surface area (Å²) >= 11 is 0. The number of rotatable bonds is 7. The SMILES string of the molecule is CNCC1CCC(C(C)C)CC1CCCOC. The zero-order valence-electron chi connectivity index (χ0n) is 12.2. The van der Waals surface area contributed by atoms with Crippen LogP contribution in [-0.2, 0) is 4.74 Å². The largest absolute Gasteiger partial charge is 0.385 e. The standard InChI is InChI=1S/C15H31NO/c1-12(2)13-7-8-15(11-16-3)14(10-13)6-5-9-17-4/h12-16H,5-11H2,1-4H3. The Balaban J connectivity index is 2.43. The topological polar surface area (TPSA) is 21.3 Å². The molecule has 0 heterocycles. The quantitative estimate of drug-likeness (QED) is 0.690. The van der Waals surface area contributed by atoms with Crippen molar-refractivity contribution in [2.45, 2.75) is 46.0 Å². The summed E-state index contributed by atoms with van der Waals surface area (Å²) in [5, 5.41) is 3.37. The first kappa shape index (κ1) is 15.0. The molecule has 0 aromatic rings. The molecule has 102 valence electrons. The number of ether oxygens (including phenoxy) is 1. The lowest BCUT2D eigenvalue weighted by molar-refractivity contribution is 0.122. The van der Waals surface area contributed by atoms with Crippen LogP contribution in [0, 0.1) is 23.7 Å². The van der Waals surface area contributed by atoms with E-state index in [0.29, 0.717) is 0 Å². The molecule has 0 aliphatic heterocycles. The van der Waals surface area contributed by atoms with Gasteiger partial charge in [0.15, 0.2) is 0 Å². The molecule has 1 fully saturated rings. The average Bonchev–Trinajstić information content (AvgIpc) is 2.31. The third-order valence-corrected chi connectivity index (χ3v) is 4.51. The van der Waals surface area contributed by atoms with Crippen molar-refractivity contribution in [2.75, 3.05) is 27.3 Å². The zero-order valence-corrected chi connectivity index (χ0v) is 12.2. The predicted molar refractivity (Wildman–Crippen MR) is 74.2 cm³/mol. The Morgan fingerprint density at radius 1 is 1.24 bits per heavy atom. The Bertz CT molecular complexity index is 193. The maximum absolute atomic E-state index is 5.19. The second-order valence-corrected chi connectivity index (χ2v) is 6.03. The van der Waals surface area contributed by atoms with Gasteiger partial charge in [0.2, 0.25) is 0 Å². The normalized spacial score (nSPS) is 29.8. The summed E-state index contributed by atoms with van der Waals surface area (Å²) in [5.74, 6) is 3.62. The van der Waals surface area contributed by atoms with Crippen LogP contribution in [0.2, 0.25) is 0 Å². The van der Waals surface area contributed by atoms with E-state index >= 15 is 0 Å². The van der Waals surface area contributed by atoms with E-state index in [1.165, 1.54) is 38.6 Å². The highest BCUT2D eigenvalue weighted by atomic mass is 16.5. The molecule has 0 radical (unpaired) electrons. The smallest absolute Gasteiger partial charge is 0.0462 e. The first-order valence-electron chi connectivity index (χ1n) is 7.32. The van der Waals surface area contributed by atoms with Gasteiger partial charge < -0.3 is 10.1 Å². The molecule has 3 unspecified atom stereocenters. The minimum Gasteiger partial charge on any atom is -0.385 e. The Morgan fingerprint density at radius 2 is 2.00 bits per heavy atom. The van der Waals surface area contributed by atoms with Crippen LogP contribution in [0.3, 0.4) is 0 Å². The fraction of sp³-hybridized carbons (Fsp3) is 1.00. The van der Waals surface area contributed by atoms with E-state index in [4.69, 9.17) is 4.74 Å². The Kier molecular flexibility index (Phi) is 7.14. The molecule has 2 nitrogen and oxygen atoms in total. The molecule has 1 aliphatic carbocycles. The molecule has 0 aromatic heterocycles. The van der Waals surface area contributed by atoms with Crippen molar-refractivity contribution < 1.29 is 4.74 Å². The van der Waals surface area contributed by atoms with Gasteiger partial charge in [-0.1, -0.05) is 13.8 Å². The van der Waals surface area contributed by atoms with Crippen LogP contribution in [0.5, 0.6) is 0 Å². The monoisotopic (exact) mass is 241 g/mol. The minimum absolute atomic E-state index is 0.857. The van der Waals surface area contributed by atoms with Crippen molar-refractivity contribution in [1.29, 1.82) is 0 Å². The molecule has 1 aliphatic rings. The number of nitrogens with one attached hydrogen (secondary N) is 1. The van der Waals surface area contributed by atoms with Crippen LogP contribution in [0.15, 0.2) is 0 Å². The van der Waals surface area contributed by atoms with E-state index in [9.17, 15) is 0 Å². The Hall–Kier alpha value is -0.0800. The first-order chi connectivity index (χ1) is 8.19. The van der Waals surface area contributed by atoms with E-state index in [-0.39, 0.29) is 0 Å². The van der Waals surface area contributed by atoms with Crippen molar-refractivity contribution in [3.05, 3.63) is 0 Å². The van der Waals surface area contributed by atoms with Crippen molar-refractivity contribution in [3.63, 3.8) is 0 Å². The number of hydrogen-bond acceptors (Lipinski definition) is 2. The second kappa shape index (κ2) is 8.10. The van der Waals surface area contributed by atoms with Gasteiger partial charge in [0, 0.05) is 13.7 Å². The Morgan fingerprint density at radius 3 is 2.59 bits per heavy atom. The molecule has 3 atom stereocenters. The Labute approximate surface area is 108 Å². The van der Waals surface area contributed by atoms with E-state index in [1.807, 2.05) is 7.11 Å². The maximum Gasteiger partial charge on any atom is 0.0462 e. The molecule has 17 heavy (non-hydrogen) atoms. The molecule has 0 bridgehead atoms. The molecular formula is C15H31NO. The molecular weight excluding hydrogens is 210 g/mol. The van der Waals surface area contributed by atoms with Crippen molar-refractivity contribution >= 4 is 0 Å². The summed E-state index contributed by atoms with van der Waals surface area (Å²) in [6.45, 7) is 6.89. The number of hydrogen-bond donors (Lipinski definition) is 1. The summed E-state index contributed by atoms with van der Waals surface area (Å²) < 4.78 is 5.19. The van der Waals surface area contributed by atoms with Gasteiger partial charge in [-0.25, -0.2) is 0 Å². The molecule has 0 aromatic carbocycles. The number of methoxy groups -OCH3 is 1. The van der Waals surface area contributed by atoms with Gasteiger partial charge in [-0.3, -0.25) is 0 Å². The molecule has 1 N–H and O–H groups in total. The van der Waals surface area contributed by atoms with E-state index in [1.54, 1.807) is 0 Å². The summed E-state index contributed by atoms with van der Waals surface area (Å²) in [7, 11) is 3.89. The highest BCUT2D eigenvalue weighted by Gasteiger charge is 2.30. The molecule has 0 amide bonds. The van der Waals surface area contributed by atoms with Crippen LogP contribution in [0.1, 0.15) is 46.0 Å². The fourth-order valence-electron chi connectivity index (χ4n) is 3.34. The van der Waals surface area contributed by atoms with Crippen LogP contribution >= 0.6 is 0 Å². The van der Waals surface area contributed by atoms with Gasteiger partial charge in [-0.2, -0.15) is 0 Å². The molecule has 0 saturated heterocycles. The van der Waals surface area contributed by atoms with E-state index in [2.05, 4.69) is 26.2 Å². The lowest BCUT2D eigenvalue weighted by Crippen LogP contribution is -2.33. The van der Waals surface area contributed by atoms with Crippen molar-refractivity contribution in [2.24, 2.45) is 23.7 Å². The molecule has 2 heteroatoms. The highest BCUT2D eigenvalue weighted by Crippen LogP contribution is 2.39. The maximum atomic E-state index is 5.19. The lowest BCUT2D eigenvalue weighted by Gasteiger charge is -2.38. The third-order valence-electron chi connectivity index (χ3n) is 4.51. The van der Waals surface area contributed by atoms with Crippen molar-refractivity contribution in [1.82, 2.24) is 5.32 Å². The third kappa shape index (κ3) is 4.97. The zero-order chi connectivity index (χ0) is 12.7. The van der Waals surface area contributed by atoms with Gasteiger partial charge in [0.05, 0.1) is 0 Å². The summed E-state index contributed by atoms with van der Waals surface area (Å²) in [4.78, 5) is 0. The molecule has 1 rings (SSSR count).